The number of carbonyl (C=O) groups excluding carboxylic acids is 1. The number of benzene rings is 4. The molecule has 5 rings (SSSR count). The highest BCUT2D eigenvalue weighted by molar-refractivity contribution is 6.01. The number of aliphatic hydroxyl groups excluding tert-OH is 1. The van der Waals surface area contributed by atoms with Gasteiger partial charge in [0.1, 0.15) is 11.5 Å². The Morgan fingerprint density at radius 1 is 1.04 bits per heavy atom. The van der Waals surface area contributed by atoms with Gasteiger partial charge in [-0.05, 0) is 41.4 Å². The molecule has 10 heteroatoms. The first-order valence-electron chi connectivity index (χ1n) is 14.9. The predicted octanol–water partition coefficient (Wildman–Crippen LogP) is 7.08. The summed E-state index contributed by atoms with van der Waals surface area (Å²) in [5.74, 6) is 1.19. The molecule has 1 aliphatic heterocycles. The van der Waals surface area contributed by atoms with Crippen LogP contribution in [0.1, 0.15) is 41.2 Å². The van der Waals surface area contributed by atoms with Crippen molar-refractivity contribution in [3.05, 3.63) is 142 Å². The lowest BCUT2D eigenvalue weighted by Gasteiger charge is -2.30. The molecule has 234 valence electrons. The maximum Gasteiger partial charge on any atom is 0.252 e. The second kappa shape index (κ2) is 15.4. The van der Waals surface area contributed by atoms with Gasteiger partial charge in [0.05, 0.1) is 13.7 Å². The number of methoxy groups -OCH3 is 1. The van der Waals surface area contributed by atoms with Gasteiger partial charge < -0.3 is 24.6 Å². The number of nitrogens with zero attached hydrogens (tertiary/aromatic N) is 4. The van der Waals surface area contributed by atoms with E-state index in [0.29, 0.717) is 41.3 Å². The van der Waals surface area contributed by atoms with Gasteiger partial charge in [-0.15, -0.1) is 0 Å². The van der Waals surface area contributed by atoms with Gasteiger partial charge in [-0.1, -0.05) is 90.1 Å². The summed E-state index contributed by atoms with van der Waals surface area (Å²) in [7, 11) is 1.59. The number of azide groups is 1. The van der Waals surface area contributed by atoms with Crippen molar-refractivity contribution in [3.63, 3.8) is 0 Å². The van der Waals surface area contributed by atoms with Crippen LogP contribution in [0.5, 0.6) is 11.5 Å². The minimum absolute atomic E-state index is 0.0430. The lowest BCUT2D eigenvalue weighted by molar-refractivity contribution is -0.129. The van der Waals surface area contributed by atoms with Crippen LogP contribution in [0.2, 0.25) is 0 Å². The first-order chi connectivity index (χ1) is 22.6. The van der Waals surface area contributed by atoms with Crippen LogP contribution >= 0.6 is 0 Å². The Balaban J connectivity index is 1.58. The van der Waals surface area contributed by atoms with E-state index in [9.17, 15) is 10.3 Å². The summed E-state index contributed by atoms with van der Waals surface area (Å²) in [6, 6.07) is 31.5. The van der Waals surface area contributed by atoms with Gasteiger partial charge in [-0.25, -0.2) is 4.99 Å². The molecule has 4 aromatic carbocycles. The zero-order chi connectivity index (χ0) is 32.2. The van der Waals surface area contributed by atoms with E-state index in [2.05, 4.69) is 15.3 Å². The Morgan fingerprint density at radius 2 is 1.78 bits per heavy atom. The summed E-state index contributed by atoms with van der Waals surface area (Å²) in [6.07, 6.45) is 3.63. The first kappa shape index (κ1) is 31.8. The summed E-state index contributed by atoms with van der Waals surface area (Å²) in [5.41, 5.74) is 11.2. The molecule has 2 atom stereocenters. The van der Waals surface area contributed by atoms with E-state index >= 15 is 0 Å². The minimum Gasteiger partial charge on any atom is -0.496 e. The predicted molar refractivity (Wildman–Crippen MR) is 177 cm³/mol. The molecule has 0 unspecified atom stereocenters. The number of amides is 1. The minimum atomic E-state index is -1.47. The number of carbonyl (C=O) groups is 1. The number of ether oxygens (including phenoxy) is 3. The Labute approximate surface area is 267 Å². The van der Waals surface area contributed by atoms with Gasteiger partial charge in [0.15, 0.2) is 11.6 Å². The number of para-hydroxylation sites is 1. The summed E-state index contributed by atoms with van der Waals surface area (Å²) in [6.45, 7) is 0.624. The van der Waals surface area contributed by atoms with Crippen LogP contribution in [0.15, 0.2) is 119 Å². The van der Waals surface area contributed by atoms with Crippen molar-refractivity contribution < 1.29 is 24.1 Å². The SMILES string of the molecule is COc1ccccc1CNC(=O)[C@]1(C/C=C/c2ccccc2)N=C(c2ccc(OCCCO)cc2)O[C@@H]1c1ccccc1N=[N+]=[N-]. The second-order valence-electron chi connectivity index (χ2n) is 10.5. The molecule has 0 saturated heterocycles. The summed E-state index contributed by atoms with van der Waals surface area (Å²) < 4.78 is 17.8. The molecule has 0 fully saturated rings. The number of nitrogens with one attached hydrogen (secondary N) is 1. The van der Waals surface area contributed by atoms with Crippen molar-refractivity contribution in [1.82, 2.24) is 5.32 Å². The van der Waals surface area contributed by atoms with Gasteiger partial charge in [-0.2, -0.15) is 0 Å². The van der Waals surface area contributed by atoms with Crippen LogP contribution in [0.25, 0.3) is 16.5 Å². The van der Waals surface area contributed by atoms with Crippen LogP contribution in [-0.2, 0) is 16.1 Å². The van der Waals surface area contributed by atoms with Gasteiger partial charge in [0.25, 0.3) is 5.91 Å². The van der Waals surface area contributed by atoms with E-state index in [1.165, 1.54) is 0 Å². The van der Waals surface area contributed by atoms with Crippen molar-refractivity contribution in [2.24, 2.45) is 10.1 Å². The molecule has 10 nitrogen and oxygen atoms in total. The lowest BCUT2D eigenvalue weighted by Crippen LogP contribution is -2.47. The monoisotopic (exact) mass is 617 g/mol. The molecule has 2 N–H and O–H groups in total. The fourth-order valence-corrected chi connectivity index (χ4v) is 5.26. The molecular weight excluding hydrogens is 582 g/mol. The smallest absolute Gasteiger partial charge is 0.252 e. The average molecular weight is 618 g/mol. The normalized spacial score (nSPS) is 17.1. The molecule has 4 aromatic rings. The fraction of sp³-hybridized carbons (Fsp3) is 0.222. The number of hydrogen-bond donors (Lipinski definition) is 2. The molecule has 46 heavy (non-hydrogen) atoms. The van der Waals surface area contributed by atoms with Gasteiger partial charge in [0.2, 0.25) is 5.90 Å². The second-order valence-corrected chi connectivity index (χ2v) is 10.5. The molecule has 1 aliphatic rings. The molecule has 0 radical (unpaired) electrons. The van der Waals surface area contributed by atoms with Gasteiger partial charge >= 0.3 is 0 Å². The van der Waals surface area contributed by atoms with Crippen LogP contribution in [0.4, 0.5) is 5.69 Å². The number of rotatable bonds is 14. The number of hydrogen-bond acceptors (Lipinski definition) is 7. The van der Waals surface area contributed by atoms with Crippen LogP contribution in [0.3, 0.4) is 0 Å². The number of aliphatic imine (C=N–C) groups is 1. The Bertz CT molecular complexity index is 1740. The Kier molecular flexibility index (Phi) is 10.7. The van der Waals surface area contributed by atoms with E-state index in [0.717, 1.165) is 11.1 Å². The Morgan fingerprint density at radius 3 is 2.54 bits per heavy atom. The van der Waals surface area contributed by atoms with E-state index in [1.807, 2.05) is 84.9 Å². The van der Waals surface area contributed by atoms with Gasteiger partial charge in [0, 0.05) is 53.3 Å². The van der Waals surface area contributed by atoms with E-state index in [1.54, 1.807) is 37.4 Å². The molecule has 0 aromatic heterocycles. The number of aliphatic hydroxyl groups is 1. The highest BCUT2D eigenvalue weighted by atomic mass is 16.5. The largest absolute Gasteiger partial charge is 0.496 e. The van der Waals surface area contributed by atoms with Crippen molar-refractivity contribution in [1.29, 1.82) is 0 Å². The molecule has 0 saturated carbocycles. The summed E-state index contributed by atoms with van der Waals surface area (Å²) >= 11 is 0. The van der Waals surface area contributed by atoms with Crippen molar-refractivity contribution in [2.75, 3.05) is 20.3 Å². The molecule has 1 amide bonds. The molecule has 0 bridgehead atoms. The third kappa shape index (κ3) is 7.38. The maximum absolute atomic E-state index is 14.5. The maximum atomic E-state index is 14.5. The molecule has 0 spiro atoms. The average Bonchev–Trinajstić information content (AvgIpc) is 3.49. The molecule has 0 aliphatic carbocycles. The van der Waals surface area contributed by atoms with Crippen molar-refractivity contribution >= 4 is 23.6 Å². The third-order valence-electron chi connectivity index (χ3n) is 7.57. The third-order valence-corrected chi connectivity index (χ3v) is 7.57. The zero-order valence-electron chi connectivity index (χ0n) is 25.5. The molecular formula is C36H35N5O5. The van der Waals surface area contributed by atoms with Crippen LogP contribution in [0, 0.1) is 0 Å². The standard InChI is InChI=1S/C36H35N5O5/c1-44-32-17-8-5-14-28(32)25-38-35(43)36(22-9-13-26-11-3-2-4-12-26)33(30-15-6-7-16-31(30)40-41-37)46-34(39-36)27-18-20-29(21-19-27)45-24-10-23-42/h2-9,11-21,33,42H,10,22-25H2,1H3,(H,38,43)/b13-9+/t33-,36-/m1/s1. The quantitative estimate of drug-likeness (QED) is 0.0674. The van der Waals surface area contributed by atoms with E-state index in [4.69, 9.17) is 24.3 Å². The highest BCUT2D eigenvalue weighted by Crippen LogP contribution is 2.46. The van der Waals surface area contributed by atoms with Gasteiger partial charge in [-0.3, -0.25) is 4.79 Å². The molecule has 1 heterocycles. The van der Waals surface area contributed by atoms with Crippen LogP contribution in [-0.4, -0.2) is 42.8 Å². The van der Waals surface area contributed by atoms with Crippen molar-refractivity contribution in [3.8, 4) is 11.5 Å². The van der Waals surface area contributed by atoms with E-state index < -0.39 is 11.6 Å². The fourth-order valence-electron chi connectivity index (χ4n) is 5.26. The summed E-state index contributed by atoms with van der Waals surface area (Å²) in [4.78, 5) is 22.5. The highest BCUT2D eigenvalue weighted by Gasteiger charge is 2.53. The topological polar surface area (TPSA) is 138 Å². The first-order valence-corrected chi connectivity index (χ1v) is 14.9. The lowest BCUT2D eigenvalue weighted by atomic mass is 9.83. The van der Waals surface area contributed by atoms with E-state index in [-0.39, 0.29) is 31.4 Å². The van der Waals surface area contributed by atoms with Crippen molar-refractivity contribution in [2.45, 2.75) is 31.0 Å². The zero-order valence-corrected chi connectivity index (χ0v) is 25.5. The Hall–Kier alpha value is -5.57. The van der Waals surface area contributed by atoms with Crippen LogP contribution < -0.4 is 14.8 Å². The summed E-state index contributed by atoms with van der Waals surface area (Å²) in [5, 5.41) is 16.1.